The number of hydrogen-bond donors (Lipinski definition) is 1. The summed E-state index contributed by atoms with van der Waals surface area (Å²) in [5.41, 5.74) is 8.05. The lowest BCUT2D eigenvalue weighted by Gasteiger charge is -2.23. The molecule has 0 saturated carbocycles. The lowest BCUT2D eigenvalue weighted by atomic mass is 10.0. The number of carbonyl (C=O) groups is 1. The van der Waals surface area contributed by atoms with Crippen LogP contribution in [0.5, 0.6) is 0 Å². The third-order valence-corrected chi connectivity index (χ3v) is 3.49. The first-order valence-electron chi connectivity index (χ1n) is 6.92. The van der Waals surface area contributed by atoms with Gasteiger partial charge < -0.3 is 10.6 Å². The predicted molar refractivity (Wildman–Crippen MR) is 78.4 cm³/mol. The smallest absolute Gasteiger partial charge is 0.324 e. The number of nitrogens with two attached hydrogens (primary N) is 1. The van der Waals surface area contributed by atoms with Gasteiger partial charge in [-0.1, -0.05) is 18.2 Å². The van der Waals surface area contributed by atoms with Gasteiger partial charge in [0, 0.05) is 30.9 Å². The van der Waals surface area contributed by atoms with Crippen LogP contribution in [0.4, 0.5) is 10.5 Å². The molecule has 1 aliphatic heterocycles. The summed E-state index contributed by atoms with van der Waals surface area (Å²) in [4.78, 5) is 16.2. The van der Waals surface area contributed by atoms with Gasteiger partial charge in [-0.05, 0) is 38.8 Å². The third kappa shape index (κ3) is 2.89. The first kappa shape index (κ1) is 13.9. The van der Waals surface area contributed by atoms with Crippen molar-refractivity contribution >= 4 is 11.7 Å². The van der Waals surface area contributed by atoms with Crippen LogP contribution in [0.2, 0.25) is 0 Å². The van der Waals surface area contributed by atoms with Gasteiger partial charge in [0.15, 0.2) is 0 Å². The monoisotopic (exact) mass is 261 g/mol. The van der Waals surface area contributed by atoms with Crippen LogP contribution in [0, 0.1) is 0 Å². The summed E-state index contributed by atoms with van der Waals surface area (Å²) in [5.74, 6) is 0. The Hall–Kier alpha value is -1.55. The molecule has 1 aromatic rings. The maximum atomic E-state index is 12.4. The van der Waals surface area contributed by atoms with Gasteiger partial charge in [0.05, 0.1) is 0 Å². The highest BCUT2D eigenvalue weighted by Crippen LogP contribution is 2.26. The van der Waals surface area contributed by atoms with Gasteiger partial charge in [-0.25, -0.2) is 4.79 Å². The topological polar surface area (TPSA) is 49.6 Å². The minimum Gasteiger partial charge on any atom is -0.328 e. The number of rotatable bonds is 4. The van der Waals surface area contributed by atoms with Gasteiger partial charge in [0.25, 0.3) is 0 Å². The fraction of sp³-hybridized carbons (Fsp3) is 0.533. The van der Waals surface area contributed by atoms with Crippen molar-refractivity contribution in [2.75, 3.05) is 18.0 Å². The molecule has 104 valence electrons. The lowest BCUT2D eigenvalue weighted by Crippen LogP contribution is -2.36. The van der Waals surface area contributed by atoms with Crippen LogP contribution in [0.1, 0.15) is 26.3 Å². The van der Waals surface area contributed by atoms with E-state index < -0.39 is 0 Å². The van der Waals surface area contributed by atoms with Gasteiger partial charge in [0.2, 0.25) is 0 Å². The zero-order chi connectivity index (χ0) is 14.0. The number of carbonyl (C=O) groups excluding carboxylic acids is 1. The molecule has 1 atom stereocenters. The van der Waals surface area contributed by atoms with Gasteiger partial charge in [0.1, 0.15) is 0 Å². The number of benzene rings is 1. The number of amides is 2. The van der Waals surface area contributed by atoms with Gasteiger partial charge >= 0.3 is 6.03 Å². The second kappa shape index (κ2) is 5.61. The van der Waals surface area contributed by atoms with Crippen LogP contribution in [0.3, 0.4) is 0 Å². The van der Waals surface area contributed by atoms with E-state index in [-0.39, 0.29) is 18.1 Å². The van der Waals surface area contributed by atoms with Crippen molar-refractivity contribution in [3.05, 3.63) is 29.8 Å². The summed E-state index contributed by atoms with van der Waals surface area (Å²) in [7, 11) is 0. The average Bonchev–Trinajstić information content (AvgIpc) is 2.71. The minimum atomic E-state index is 0.0973. The molecule has 19 heavy (non-hydrogen) atoms. The van der Waals surface area contributed by atoms with E-state index in [1.54, 1.807) is 0 Å². The zero-order valence-corrected chi connectivity index (χ0v) is 12.0. The molecule has 1 fully saturated rings. The first-order valence-corrected chi connectivity index (χ1v) is 6.92. The molecule has 2 rings (SSSR count). The Morgan fingerprint density at radius 2 is 1.89 bits per heavy atom. The Kier molecular flexibility index (Phi) is 4.10. The van der Waals surface area contributed by atoms with Crippen molar-refractivity contribution in [3.63, 3.8) is 0 Å². The molecule has 2 N–H and O–H groups in total. The summed E-state index contributed by atoms with van der Waals surface area (Å²) in [6, 6.07) is 8.50. The van der Waals surface area contributed by atoms with Crippen molar-refractivity contribution in [1.82, 2.24) is 4.90 Å². The molecule has 1 heterocycles. The minimum absolute atomic E-state index is 0.0973. The van der Waals surface area contributed by atoms with Crippen molar-refractivity contribution in [2.45, 2.75) is 39.3 Å². The number of nitrogens with zero attached hydrogens (tertiary/aromatic N) is 2. The summed E-state index contributed by atoms with van der Waals surface area (Å²) >= 11 is 0. The molecule has 1 saturated heterocycles. The maximum absolute atomic E-state index is 12.4. The van der Waals surface area contributed by atoms with E-state index in [1.807, 2.05) is 34.9 Å². The summed E-state index contributed by atoms with van der Waals surface area (Å²) < 4.78 is 0. The second-order valence-corrected chi connectivity index (χ2v) is 5.53. The number of urea groups is 1. The van der Waals surface area contributed by atoms with E-state index in [4.69, 9.17) is 5.73 Å². The molecular weight excluding hydrogens is 238 g/mol. The molecule has 4 heteroatoms. The van der Waals surface area contributed by atoms with E-state index in [2.05, 4.69) is 19.9 Å². The van der Waals surface area contributed by atoms with E-state index in [9.17, 15) is 4.79 Å². The SMILES string of the molecule is CC(N)Cc1ccccc1N1CCN(C(C)C)C1=O. The molecule has 0 radical (unpaired) electrons. The zero-order valence-electron chi connectivity index (χ0n) is 12.0. The highest BCUT2D eigenvalue weighted by atomic mass is 16.2. The Morgan fingerprint density at radius 3 is 2.47 bits per heavy atom. The molecule has 0 aliphatic carbocycles. The van der Waals surface area contributed by atoms with Gasteiger partial charge in [-0.15, -0.1) is 0 Å². The Labute approximate surface area is 115 Å². The van der Waals surface area contributed by atoms with Crippen LogP contribution < -0.4 is 10.6 Å². The molecule has 0 spiro atoms. The first-order chi connectivity index (χ1) is 9.00. The molecule has 4 nitrogen and oxygen atoms in total. The predicted octanol–water partition coefficient (Wildman–Crippen LogP) is 2.23. The molecule has 1 unspecified atom stereocenters. The van der Waals surface area contributed by atoms with Crippen LogP contribution in [0.15, 0.2) is 24.3 Å². The summed E-state index contributed by atoms with van der Waals surface area (Å²) in [6.45, 7) is 7.64. The number of anilines is 1. The number of para-hydroxylation sites is 1. The normalized spacial score (nSPS) is 17.4. The Balaban J connectivity index is 2.25. The van der Waals surface area contributed by atoms with Gasteiger partial charge in [-0.3, -0.25) is 4.90 Å². The van der Waals surface area contributed by atoms with Crippen LogP contribution >= 0.6 is 0 Å². The number of hydrogen-bond acceptors (Lipinski definition) is 2. The fourth-order valence-corrected chi connectivity index (χ4v) is 2.55. The fourth-order valence-electron chi connectivity index (χ4n) is 2.55. The summed E-state index contributed by atoms with van der Waals surface area (Å²) in [6.07, 6.45) is 0.793. The molecule has 0 bridgehead atoms. The van der Waals surface area contributed by atoms with Crippen molar-refractivity contribution in [2.24, 2.45) is 5.73 Å². The van der Waals surface area contributed by atoms with Crippen molar-refractivity contribution < 1.29 is 4.79 Å². The largest absolute Gasteiger partial charge is 0.328 e. The molecular formula is C15H23N3O. The molecule has 1 aliphatic rings. The van der Waals surface area contributed by atoms with E-state index in [1.165, 1.54) is 0 Å². The van der Waals surface area contributed by atoms with E-state index in [0.717, 1.165) is 30.8 Å². The van der Waals surface area contributed by atoms with Crippen LogP contribution in [-0.4, -0.2) is 36.1 Å². The second-order valence-electron chi connectivity index (χ2n) is 5.53. The highest BCUT2D eigenvalue weighted by Gasteiger charge is 2.32. The quantitative estimate of drug-likeness (QED) is 0.903. The van der Waals surface area contributed by atoms with Crippen molar-refractivity contribution in [3.8, 4) is 0 Å². The maximum Gasteiger partial charge on any atom is 0.324 e. The standard InChI is InChI=1S/C15H23N3O/c1-11(2)17-8-9-18(15(17)19)14-7-5-4-6-13(14)10-12(3)16/h4-7,11-12H,8-10,16H2,1-3H3. The van der Waals surface area contributed by atoms with Crippen molar-refractivity contribution in [1.29, 1.82) is 0 Å². The highest BCUT2D eigenvalue weighted by molar-refractivity contribution is 5.95. The van der Waals surface area contributed by atoms with Crippen LogP contribution in [-0.2, 0) is 6.42 Å². The van der Waals surface area contributed by atoms with Gasteiger partial charge in [-0.2, -0.15) is 0 Å². The summed E-state index contributed by atoms with van der Waals surface area (Å²) in [5, 5.41) is 0. The lowest BCUT2D eigenvalue weighted by molar-refractivity contribution is 0.209. The molecule has 1 aromatic carbocycles. The third-order valence-electron chi connectivity index (χ3n) is 3.49. The Bertz CT molecular complexity index is 456. The Morgan fingerprint density at radius 1 is 1.21 bits per heavy atom. The van der Waals surface area contributed by atoms with E-state index >= 15 is 0 Å². The molecule has 0 aromatic heterocycles. The van der Waals surface area contributed by atoms with Crippen LogP contribution in [0.25, 0.3) is 0 Å². The molecule has 2 amide bonds. The average molecular weight is 261 g/mol. The van der Waals surface area contributed by atoms with E-state index in [0.29, 0.717) is 0 Å².